The molecular formula is C15H18BrFN2S. The summed E-state index contributed by atoms with van der Waals surface area (Å²) < 4.78 is 14.3. The first-order chi connectivity index (χ1) is 9.49. The fourth-order valence-electron chi connectivity index (χ4n) is 2.13. The second kappa shape index (κ2) is 6.78. The van der Waals surface area contributed by atoms with Crippen LogP contribution in [0.5, 0.6) is 0 Å². The van der Waals surface area contributed by atoms with E-state index >= 15 is 0 Å². The maximum atomic E-state index is 13.6. The van der Waals surface area contributed by atoms with E-state index < -0.39 is 0 Å². The topological polar surface area (TPSA) is 24.9 Å². The van der Waals surface area contributed by atoms with Crippen LogP contribution >= 0.6 is 27.3 Å². The molecule has 1 heterocycles. The quantitative estimate of drug-likeness (QED) is 0.849. The monoisotopic (exact) mass is 356 g/mol. The number of thiazole rings is 1. The number of rotatable bonds is 5. The summed E-state index contributed by atoms with van der Waals surface area (Å²) in [6, 6.07) is 5.11. The zero-order chi connectivity index (χ0) is 14.7. The van der Waals surface area contributed by atoms with E-state index in [4.69, 9.17) is 0 Å². The van der Waals surface area contributed by atoms with E-state index in [1.54, 1.807) is 17.4 Å². The Morgan fingerprint density at radius 2 is 2.10 bits per heavy atom. The number of nitrogens with one attached hydrogen (secondary N) is 1. The number of hydrogen-bond acceptors (Lipinski definition) is 3. The zero-order valence-electron chi connectivity index (χ0n) is 11.8. The SMILES string of the molecule is CCNC(Cc1nc(C)c(C)s1)c1cc(F)cc(Br)c1. The van der Waals surface area contributed by atoms with E-state index in [-0.39, 0.29) is 11.9 Å². The maximum absolute atomic E-state index is 13.6. The van der Waals surface area contributed by atoms with Crippen LogP contribution in [0.3, 0.4) is 0 Å². The Kier molecular flexibility index (Phi) is 5.29. The number of benzene rings is 1. The minimum atomic E-state index is -0.219. The molecule has 0 saturated carbocycles. The fourth-order valence-corrected chi connectivity index (χ4v) is 3.59. The highest BCUT2D eigenvalue weighted by molar-refractivity contribution is 9.10. The van der Waals surface area contributed by atoms with E-state index in [0.29, 0.717) is 0 Å². The van der Waals surface area contributed by atoms with Crippen molar-refractivity contribution in [3.8, 4) is 0 Å². The van der Waals surface area contributed by atoms with Crippen LogP contribution in [0.25, 0.3) is 0 Å². The minimum Gasteiger partial charge on any atom is -0.310 e. The van der Waals surface area contributed by atoms with Crippen LogP contribution in [-0.2, 0) is 6.42 Å². The van der Waals surface area contributed by atoms with Crippen molar-refractivity contribution in [1.29, 1.82) is 0 Å². The van der Waals surface area contributed by atoms with Crippen molar-refractivity contribution >= 4 is 27.3 Å². The summed E-state index contributed by atoms with van der Waals surface area (Å²) >= 11 is 5.07. The van der Waals surface area contributed by atoms with Crippen molar-refractivity contribution in [3.05, 3.63) is 49.6 Å². The predicted octanol–water partition coefficient (Wildman–Crippen LogP) is 4.55. The van der Waals surface area contributed by atoms with Crippen molar-refractivity contribution < 1.29 is 4.39 Å². The van der Waals surface area contributed by atoms with Crippen molar-refractivity contribution in [2.45, 2.75) is 33.2 Å². The average molecular weight is 357 g/mol. The molecule has 2 aromatic rings. The van der Waals surface area contributed by atoms with E-state index in [2.05, 4.69) is 40.1 Å². The Labute approximate surface area is 131 Å². The first-order valence-corrected chi connectivity index (χ1v) is 8.22. The molecule has 2 rings (SSSR count). The minimum absolute atomic E-state index is 0.0805. The lowest BCUT2D eigenvalue weighted by molar-refractivity contribution is 0.541. The molecule has 1 aromatic heterocycles. The molecule has 0 aliphatic heterocycles. The summed E-state index contributed by atoms with van der Waals surface area (Å²) in [6.45, 7) is 7.00. The summed E-state index contributed by atoms with van der Waals surface area (Å²) in [5.41, 5.74) is 2.03. The van der Waals surface area contributed by atoms with Gasteiger partial charge in [0.05, 0.1) is 10.7 Å². The molecule has 1 atom stereocenters. The van der Waals surface area contributed by atoms with Crippen molar-refractivity contribution in [2.75, 3.05) is 6.54 Å². The number of likely N-dealkylation sites (N-methyl/N-ethyl adjacent to an activating group) is 1. The Bertz CT molecular complexity index is 558. The molecule has 0 bridgehead atoms. The second-order valence-electron chi connectivity index (χ2n) is 4.77. The van der Waals surface area contributed by atoms with Crippen LogP contribution in [0.4, 0.5) is 4.39 Å². The number of nitrogens with zero attached hydrogens (tertiary/aromatic N) is 1. The third kappa shape index (κ3) is 3.87. The first-order valence-electron chi connectivity index (χ1n) is 6.62. The van der Waals surface area contributed by atoms with Crippen molar-refractivity contribution in [3.63, 3.8) is 0 Å². The molecule has 108 valence electrons. The number of aromatic nitrogens is 1. The van der Waals surface area contributed by atoms with Crippen LogP contribution in [0.15, 0.2) is 22.7 Å². The van der Waals surface area contributed by atoms with Gasteiger partial charge in [0.15, 0.2) is 0 Å². The van der Waals surface area contributed by atoms with Crippen LogP contribution in [0.1, 0.15) is 34.1 Å². The van der Waals surface area contributed by atoms with Gasteiger partial charge in [-0.05, 0) is 44.2 Å². The Balaban J connectivity index is 2.26. The molecule has 1 aromatic carbocycles. The highest BCUT2D eigenvalue weighted by Crippen LogP contribution is 2.26. The lowest BCUT2D eigenvalue weighted by Gasteiger charge is -2.17. The molecule has 2 nitrogen and oxygen atoms in total. The Hall–Kier alpha value is -0.780. The molecular weight excluding hydrogens is 339 g/mol. The van der Waals surface area contributed by atoms with Gasteiger partial charge < -0.3 is 5.32 Å². The number of aryl methyl sites for hydroxylation is 2. The van der Waals surface area contributed by atoms with Gasteiger partial charge in [0.1, 0.15) is 5.82 Å². The van der Waals surface area contributed by atoms with Gasteiger partial charge in [-0.1, -0.05) is 22.9 Å². The smallest absolute Gasteiger partial charge is 0.124 e. The predicted molar refractivity (Wildman–Crippen MR) is 85.8 cm³/mol. The molecule has 0 saturated heterocycles. The summed E-state index contributed by atoms with van der Waals surface area (Å²) in [5, 5.41) is 4.50. The Morgan fingerprint density at radius 1 is 1.35 bits per heavy atom. The Morgan fingerprint density at radius 3 is 2.65 bits per heavy atom. The first kappa shape index (κ1) is 15.6. The van der Waals surface area contributed by atoms with Gasteiger partial charge in [-0.3, -0.25) is 0 Å². The van der Waals surface area contributed by atoms with E-state index in [9.17, 15) is 4.39 Å². The summed E-state index contributed by atoms with van der Waals surface area (Å²) in [4.78, 5) is 5.82. The van der Waals surface area contributed by atoms with Gasteiger partial charge in [0.2, 0.25) is 0 Å². The molecule has 20 heavy (non-hydrogen) atoms. The van der Waals surface area contributed by atoms with E-state index in [0.717, 1.165) is 33.7 Å². The van der Waals surface area contributed by atoms with E-state index in [1.165, 1.54) is 10.9 Å². The summed E-state index contributed by atoms with van der Waals surface area (Å²) in [7, 11) is 0. The fraction of sp³-hybridized carbons (Fsp3) is 0.400. The third-order valence-corrected chi connectivity index (χ3v) is 4.74. The lowest BCUT2D eigenvalue weighted by atomic mass is 10.0. The summed E-state index contributed by atoms with van der Waals surface area (Å²) in [6.07, 6.45) is 0.781. The third-order valence-electron chi connectivity index (χ3n) is 3.19. The van der Waals surface area contributed by atoms with Gasteiger partial charge >= 0.3 is 0 Å². The lowest BCUT2D eigenvalue weighted by Crippen LogP contribution is -2.23. The molecule has 0 fully saturated rings. The number of hydrogen-bond donors (Lipinski definition) is 1. The van der Waals surface area contributed by atoms with Crippen molar-refractivity contribution in [1.82, 2.24) is 10.3 Å². The normalized spacial score (nSPS) is 12.7. The van der Waals surface area contributed by atoms with Crippen LogP contribution in [0, 0.1) is 19.7 Å². The van der Waals surface area contributed by atoms with Gasteiger partial charge in [0.25, 0.3) is 0 Å². The largest absolute Gasteiger partial charge is 0.310 e. The van der Waals surface area contributed by atoms with Gasteiger partial charge in [0, 0.05) is 21.8 Å². The van der Waals surface area contributed by atoms with Gasteiger partial charge in [-0.15, -0.1) is 11.3 Å². The highest BCUT2D eigenvalue weighted by Gasteiger charge is 2.15. The van der Waals surface area contributed by atoms with Crippen LogP contribution in [-0.4, -0.2) is 11.5 Å². The molecule has 0 aliphatic carbocycles. The molecule has 1 N–H and O–H groups in total. The maximum Gasteiger partial charge on any atom is 0.124 e. The second-order valence-corrected chi connectivity index (χ2v) is 6.97. The van der Waals surface area contributed by atoms with Crippen molar-refractivity contribution in [2.24, 2.45) is 0 Å². The van der Waals surface area contributed by atoms with E-state index in [1.807, 2.05) is 13.0 Å². The molecule has 5 heteroatoms. The zero-order valence-corrected chi connectivity index (χ0v) is 14.2. The van der Waals surface area contributed by atoms with Gasteiger partial charge in [-0.2, -0.15) is 0 Å². The molecule has 1 unspecified atom stereocenters. The van der Waals surface area contributed by atoms with Gasteiger partial charge in [-0.25, -0.2) is 9.37 Å². The standard InChI is InChI=1S/C15H18BrFN2S/c1-4-18-14(8-15-19-9(2)10(3)20-15)11-5-12(16)7-13(17)6-11/h5-7,14,18H,4,8H2,1-3H3. The van der Waals surface area contributed by atoms with Crippen LogP contribution < -0.4 is 5.32 Å². The molecule has 0 spiro atoms. The molecule has 0 amide bonds. The number of halogens is 2. The van der Waals surface area contributed by atoms with Crippen LogP contribution in [0.2, 0.25) is 0 Å². The highest BCUT2D eigenvalue weighted by atomic mass is 79.9. The molecule has 0 radical (unpaired) electrons. The summed E-state index contributed by atoms with van der Waals surface area (Å²) in [5.74, 6) is -0.219. The average Bonchev–Trinajstić information content (AvgIpc) is 2.66. The molecule has 0 aliphatic rings.